The van der Waals surface area contributed by atoms with Gasteiger partial charge in [0.1, 0.15) is 5.82 Å². The van der Waals surface area contributed by atoms with E-state index in [1.807, 2.05) is 0 Å². The van der Waals surface area contributed by atoms with E-state index in [2.05, 4.69) is 21.2 Å². The van der Waals surface area contributed by atoms with Crippen molar-refractivity contribution in [3.05, 3.63) is 34.1 Å². The standard InChI is InChI=1S/C12H11BrFNO/c13-10-8(2-1-3-9(10)14)11(16)15-12-4-7(5-12)6-12/h1-3,7H,4-6H2,(H,15,16). The third kappa shape index (κ3) is 1.39. The van der Waals surface area contributed by atoms with E-state index in [1.165, 1.54) is 6.07 Å². The highest BCUT2D eigenvalue weighted by Crippen LogP contribution is 2.57. The lowest BCUT2D eigenvalue weighted by molar-refractivity contribution is -0.0438. The molecule has 1 aromatic rings. The average molecular weight is 284 g/mol. The van der Waals surface area contributed by atoms with Gasteiger partial charge in [0.2, 0.25) is 0 Å². The summed E-state index contributed by atoms with van der Waals surface area (Å²) < 4.78 is 13.5. The minimum absolute atomic E-state index is 0.0352. The fourth-order valence-electron chi connectivity index (χ4n) is 2.62. The van der Waals surface area contributed by atoms with Gasteiger partial charge < -0.3 is 5.32 Å². The zero-order chi connectivity index (χ0) is 11.3. The van der Waals surface area contributed by atoms with Gasteiger partial charge in [0.25, 0.3) is 5.91 Å². The number of carbonyl (C=O) groups is 1. The smallest absolute Gasteiger partial charge is 0.252 e. The van der Waals surface area contributed by atoms with Crippen molar-refractivity contribution in [3.63, 3.8) is 0 Å². The Labute approximate surface area is 101 Å². The molecule has 0 aliphatic heterocycles. The lowest BCUT2D eigenvalue weighted by Crippen LogP contribution is -2.68. The van der Waals surface area contributed by atoms with E-state index in [-0.39, 0.29) is 15.9 Å². The molecule has 2 bridgehead atoms. The van der Waals surface area contributed by atoms with E-state index in [9.17, 15) is 9.18 Å². The Hall–Kier alpha value is -0.900. The van der Waals surface area contributed by atoms with E-state index in [4.69, 9.17) is 0 Å². The van der Waals surface area contributed by atoms with Crippen LogP contribution in [0.25, 0.3) is 0 Å². The zero-order valence-corrected chi connectivity index (χ0v) is 10.2. The summed E-state index contributed by atoms with van der Waals surface area (Å²) in [5.41, 5.74) is 0.415. The molecule has 0 saturated heterocycles. The first-order valence-electron chi connectivity index (χ1n) is 5.36. The first kappa shape index (κ1) is 10.3. The van der Waals surface area contributed by atoms with Gasteiger partial charge in [0.05, 0.1) is 10.0 Å². The summed E-state index contributed by atoms with van der Waals surface area (Å²) in [5.74, 6) is 0.242. The lowest BCUT2D eigenvalue weighted by Gasteiger charge is -2.61. The van der Waals surface area contributed by atoms with E-state index in [0.29, 0.717) is 5.56 Å². The third-order valence-electron chi connectivity index (χ3n) is 3.61. The molecule has 84 valence electrons. The molecule has 3 aliphatic rings. The summed E-state index contributed by atoms with van der Waals surface area (Å²) in [6, 6.07) is 4.52. The molecule has 4 rings (SSSR count). The largest absolute Gasteiger partial charge is 0.347 e. The maximum atomic E-state index is 13.3. The first-order valence-corrected chi connectivity index (χ1v) is 6.15. The lowest BCUT2D eigenvalue weighted by atomic mass is 9.50. The minimum atomic E-state index is -0.398. The molecule has 0 unspecified atom stereocenters. The second-order valence-corrected chi connectivity index (χ2v) is 5.61. The first-order chi connectivity index (χ1) is 7.60. The molecule has 1 amide bonds. The Morgan fingerprint density at radius 2 is 2.12 bits per heavy atom. The Bertz CT molecular complexity index is 457. The van der Waals surface area contributed by atoms with Gasteiger partial charge in [0, 0.05) is 5.54 Å². The summed E-state index contributed by atoms with van der Waals surface area (Å²) in [6.45, 7) is 0. The molecule has 0 spiro atoms. The van der Waals surface area contributed by atoms with Gasteiger partial charge in [-0.05, 0) is 53.2 Å². The van der Waals surface area contributed by atoms with E-state index < -0.39 is 5.82 Å². The normalized spacial score (nSPS) is 30.2. The summed E-state index contributed by atoms with van der Waals surface area (Å²) in [6.07, 6.45) is 3.27. The van der Waals surface area contributed by atoms with Crippen LogP contribution in [0.4, 0.5) is 4.39 Å². The average Bonchev–Trinajstić information content (AvgIpc) is 2.13. The second kappa shape index (κ2) is 3.29. The van der Waals surface area contributed by atoms with Crippen LogP contribution < -0.4 is 5.32 Å². The van der Waals surface area contributed by atoms with Crippen molar-refractivity contribution in [2.24, 2.45) is 5.92 Å². The van der Waals surface area contributed by atoms with Gasteiger partial charge in [-0.25, -0.2) is 4.39 Å². The van der Waals surface area contributed by atoms with Gasteiger partial charge in [0.15, 0.2) is 0 Å². The molecule has 3 saturated carbocycles. The van der Waals surface area contributed by atoms with Crippen LogP contribution in [0.2, 0.25) is 0 Å². The number of halogens is 2. The van der Waals surface area contributed by atoms with E-state index in [1.54, 1.807) is 12.1 Å². The molecule has 3 aliphatic carbocycles. The summed E-state index contributed by atoms with van der Waals surface area (Å²) in [7, 11) is 0. The summed E-state index contributed by atoms with van der Waals surface area (Å²) in [4.78, 5) is 11.9. The molecule has 0 atom stereocenters. The van der Waals surface area contributed by atoms with Crippen LogP contribution >= 0.6 is 15.9 Å². The van der Waals surface area contributed by atoms with E-state index >= 15 is 0 Å². The van der Waals surface area contributed by atoms with Crippen molar-refractivity contribution in [2.45, 2.75) is 24.8 Å². The van der Waals surface area contributed by atoms with Crippen molar-refractivity contribution >= 4 is 21.8 Å². The highest BCUT2D eigenvalue weighted by molar-refractivity contribution is 9.10. The molecule has 0 aromatic heterocycles. The molecule has 16 heavy (non-hydrogen) atoms. The monoisotopic (exact) mass is 283 g/mol. The fraction of sp³-hybridized carbons (Fsp3) is 0.417. The molecular weight excluding hydrogens is 273 g/mol. The number of carbonyl (C=O) groups excluding carboxylic acids is 1. The van der Waals surface area contributed by atoms with Crippen LogP contribution in [0.15, 0.2) is 22.7 Å². The van der Waals surface area contributed by atoms with Gasteiger partial charge in [-0.15, -0.1) is 0 Å². The van der Waals surface area contributed by atoms with Crippen LogP contribution in [-0.2, 0) is 0 Å². The molecule has 3 fully saturated rings. The predicted molar refractivity (Wildman–Crippen MR) is 61.6 cm³/mol. The third-order valence-corrected chi connectivity index (χ3v) is 4.42. The quantitative estimate of drug-likeness (QED) is 0.889. The number of nitrogens with one attached hydrogen (secondary N) is 1. The maximum Gasteiger partial charge on any atom is 0.252 e. The Morgan fingerprint density at radius 3 is 2.69 bits per heavy atom. The fourth-order valence-corrected chi connectivity index (χ4v) is 3.06. The maximum absolute atomic E-state index is 13.3. The molecule has 0 heterocycles. The SMILES string of the molecule is O=C(NC12CC(C1)C2)c1cccc(F)c1Br. The van der Waals surface area contributed by atoms with Crippen LogP contribution in [0.1, 0.15) is 29.6 Å². The summed E-state index contributed by atoms with van der Waals surface area (Å²) in [5, 5.41) is 3.01. The van der Waals surface area contributed by atoms with Crippen molar-refractivity contribution < 1.29 is 9.18 Å². The zero-order valence-electron chi connectivity index (χ0n) is 8.59. The van der Waals surface area contributed by atoms with Crippen LogP contribution in [0.5, 0.6) is 0 Å². The Morgan fingerprint density at radius 1 is 1.44 bits per heavy atom. The number of benzene rings is 1. The minimum Gasteiger partial charge on any atom is -0.347 e. The number of amides is 1. The molecule has 4 heteroatoms. The van der Waals surface area contributed by atoms with Crippen molar-refractivity contribution in [1.29, 1.82) is 0 Å². The number of hydrogen-bond acceptors (Lipinski definition) is 1. The predicted octanol–water partition coefficient (Wildman–Crippen LogP) is 2.87. The van der Waals surface area contributed by atoms with Crippen LogP contribution in [-0.4, -0.2) is 11.4 Å². The van der Waals surface area contributed by atoms with Crippen molar-refractivity contribution in [3.8, 4) is 0 Å². The molecule has 0 radical (unpaired) electrons. The van der Waals surface area contributed by atoms with Crippen molar-refractivity contribution in [2.75, 3.05) is 0 Å². The van der Waals surface area contributed by atoms with Gasteiger partial charge in [-0.1, -0.05) is 6.07 Å². The summed E-state index contributed by atoms with van der Waals surface area (Å²) >= 11 is 3.11. The van der Waals surface area contributed by atoms with Crippen molar-refractivity contribution in [1.82, 2.24) is 5.32 Å². The van der Waals surface area contributed by atoms with Gasteiger partial charge >= 0.3 is 0 Å². The Balaban J connectivity index is 1.80. The molecule has 1 N–H and O–H groups in total. The van der Waals surface area contributed by atoms with Crippen LogP contribution in [0.3, 0.4) is 0 Å². The van der Waals surface area contributed by atoms with Gasteiger partial charge in [-0.2, -0.15) is 0 Å². The van der Waals surface area contributed by atoms with Crippen LogP contribution in [0, 0.1) is 11.7 Å². The highest BCUT2D eigenvalue weighted by Gasteiger charge is 2.57. The highest BCUT2D eigenvalue weighted by atomic mass is 79.9. The Kier molecular flexibility index (Phi) is 2.11. The molecular formula is C12H11BrFNO. The van der Waals surface area contributed by atoms with Gasteiger partial charge in [-0.3, -0.25) is 4.79 Å². The van der Waals surface area contributed by atoms with E-state index in [0.717, 1.165) is 25.2 Å². The molecule has 2 nitrogen and oxygen atoms in total. The number of rotatable bonds is 2. The number of hydrogen-bond donors (Lipinski definition) is 1. The second-order valence-electron chi connectivity index (χ2n) is 4.81. The molecule has 1 aromatic carbocycles. The topological polar surface area (TPSA) is 29.1 Å².